The lowest BCUT2D eigenvalue weighted by molar-refractivity contribution is -0.141. The number of alkyl halides is 3. The first-order valence-electron chi connectivity index (χ1n) is 7.47. The van der Waals surface area contributed by atoms with Gasteiger partial charge in [0.1, 0.15) is 11.5 Å². The molecule has 0 amide bonds. The molecule has 0 unspecified atom stereocenters. The van der Waals surface area contributed by atoms with Gasteiger partial charge in [-0.15, -0.1) is 0 Å². The van der Waals surface area contributed by atoms with E-state index in [1.165, 1.54) is 12.5 Å². The van der Waals surface area contributed by atoms with Crippen molar-refractivity contribution in [1.82, 2.24) is 4.98 Å². The summed E-state index contributed by atoms with van der Waals surface area (Å²) in [5.74, 6) is 1.08. The predicted molar refractivity (Wildman–Crippen MR) is 77.0 cm³/mol. The summed E-state index contributed by atoms with van der Waals surface area (Å²) < 4.78 is 38.5. The largest absolute Gasteiger partial charge is 0.433 e. The number of hydrogen-bond acceptors (Lipinski definition) is 3. The van der Waals surface area contributed by atoms with Crippen LogP contribution in [0.25, 0.3) is 0 Å². The highest BCUT2D eigenvalue weighted by molar-refractivity contribution is 5.48. The number of rotatable bonds is 4. The number of piperidine rings is 1. The lowest BCUT2D eigenvalue weighted by atomic mass is 9.92. The molecule has 0 spiro atoms. The third kappa shape index (κ3) is 3.87. The molecule has 1 fully saturated rings. The van der Waals surface area contributed by atoms with E-state index in [0.717, 1.165) is 38.4 Å². The minimum atomic E-state index is -4.41. The first-order valence-corrected chi connectivity index (χ1v) is 7.47. The zero-order valence-electron chi connectivity index (χ0n) is 12.3. The molecule has 3 nitrogen and oxygen atoms in total. The standard InChI is InChI=1S/C15H22F3N3/c1-2-3-11-6-8-21(9-7-11)14-12(10-19)4-5-13(20-14)15(16,17)18/h4-5,11H,2-3,6-10,19H2,1H3. The van der Waals surface area contributed by atoms with Crippen LogP contribution in [-0.2, 0) is 12.7 Å². The number of nitrogens with zero attached hydrogens (tertiary/aromatic N) is 2. The van der Waals surface area contributed by atoms with Crippen molar-refractivity contribution in [1.29, 1.82) is 0 Å². The molecule has 1 aromatic heterocycles. The quantitative estimate of drug-likeness (QED) is 0.924. The average Bonchev–Trinajstić information content (AvgIpc) is 2.47. The van der Waals surface area contributed by atoms with Gasteiger partial charge in [0.15, 0.2) is 0 Å². The van der Waals surface area contributed by atoms with Crippen LogP contribution in [0.15, 0.2) is 12.1 Å². The maximum Gasteiger partial charge on any atom is 0.433 e. The molecular formula is C15H22F3N3. The van der Waals surface area contributed by atoms with Crippen LogP contribution < -0.4 is 10.6 Å². The minimum absolute atomic E-state index is 0.204. The highest BCUT2D eigenvalue weighted by Gasteiger charge is 2.34. The van der Waals surface area contributed by atoms with Crippen molar-refractivity contribution in [2.45, 2.75) is 45.3 Å². The Balaban J connectivity index is 2.18. The molecule has 2 N–H and O–H groups in total. The first kappa shape index (κ1) is 16.1. The number of anilines is 1. The summed E-state index contributed by atoms with van der Waals surface area (Å²) in [6.07, 6.45) is -0.0535. The summed E-state index contributed by atoms with van der Waals surface area (Å²) in [5, 5.41) is 0. The fraction of sp³-hybridized carbons (Fsp3) is 0.667. The summed E-state index contributed by atoms with van der Waals surface area (Å²) in [7, 11) is 0. The Morgan fingerprint density at radius 3 is 2.48 bits per heavy atom. The summed E-state index contributed by atoms with van der Waals surface area (Å²) in [6.45, 7) is 3.88. The Hall–Kier alpha value is -1.30. The fourth-order valence-corrected chi connectivity index (χ4v) is 2.91. The average molecular weight is 301 g/mol. The number of hydrogen-bond donors (Lipinski definition) is 1. The summed E-state index contributed by atoms with van der Waals surface area (Å²) in [5.41, 5.74) is 5.48. The summed E-state index contributed by atoms with van der Waals surface area (Å²) in [6, 6.07) is 2.46. The third-order valence-corrected chi connectivity index (χ3v) is 4.08. The summed E-state index contributed by atoms with van der Waals surface area (Å²) >= 11 is 0. The Labute approximate surface area is 123 Å². The fourth-order valence-electron chi connectivity index (χ4n) is 2.91. The van der Waals surface area contributed by atoms with Gasteiger partial charge in [-0.1, -0.05) is 25.8 Å². The minimum Gasteiger partial charge on any atom is -0.356 e. The van der Waals surface area contributed by atoms with Crippen molar-refractivity contribution >= 4 is 5.82 Å². The van der Waals surface area contributed by atoms with Crippen LogP contribution in [0.5, 0.6) is 0 Å². The van der Waals surface area contributed by atoms with E-state index < -0.39 is 11.9 Å². The molecule has 2 rings (SSSR count). The SMILES string of the molecule is CCCC1CCN(c2nc(C(F)(F)F)ccc2CN)CC1. The molecule has 6 heteroatoms. The van der Waals surface area contributed by atoms with Gasteiger partial charge in [0.25, 0.3) is 0 Å². The monoisotopic (exact) mass is 301 g/mol. The molecule has 1 aromatic rings. The van der Waals surface area contributed by atoms with Gasteiger partial charge < -0.3 is 10.6 Å². The molecule has 0 saturated carbocycles. The molecule has 0 aromatic carbocycles. The van der Waals surface area contributed by atoms with Crippen molar-refractivity contribution in [2.75, 3.05) is 18.0 Å². The summed E-state index contributed by atoms with van der Waals surface area (Å²) in [4.78, 5) is 5.78. The maximum atomic E-state index is 12.8. The normalized spacial score (nSPS) is 17.3. The van der Waals surface area contributed by atoms with E-state index in [1.807, 2.05) is 4.90 Å². The van der Waals surface area contributed by atoms with Gasteiger partial charge >= 0.3 is 6.18 Å². The Bertz CT molecular complexity index is 466. The number of nitrogens with two attached hydrogens (primary N) is 1. The topological polar surface area (TPSA) is 42.2 Å². The third-order valence-electron chi connectivity index (χ3n) is 4.08. The van der Waals surface area contributed by atoms with Crippen LogP contribution in [0.1, 0.15) is 43.9 Å². The first-order chi connectivity index (χ1) is 9.95. The molecule has 1 aliphatic rings. The number of halogens is 3. The molecule has 0 bridgehead atoms. The van der Waals surface area contributed by atoms with Crippen LogP contribution >= 0.6 is 0 Å². The van der Waals surface area contributed by atoms with Gasteiger partial charge in [-0.3, -0.25) is 0 Å². The van der Waals surface area contributed by atoms with Gasteiger partial charge in [0.05, 0.1) is 0 Å². The zero-order valence-corrected chi connectivity index (χ0v) is 12.3. The van der Waals surface area contributed by atoms with Crippen LogP contribution in [0.4, 0.5) is 19.0 Å². The Morgan fingerprint density at radius 1 is 1.29 bits per heavy atom. The lowest BCUT2D eigenvalue weighted by Gasteiger charge is -2.34. The van der Waals surface area contributed by atoms with E-state index in [1.54, 1.807) is 0 Å². The number of aromatic nitrogens is 1. The number of pyridine rings is 1. The Kier molecular flexibility index (Phi) is 5.08. The second-order valence-corrected chi connectivity index (χ2v) is 5.60. The molecule has 21 heavy (non-hydrogen) atoms. The van der Waals surface area contributed by atoms with Crippen LogP contribution in [0.3, 0.4) is 0 Å². The zero-order chi connectivity index (χ0) is 15.5. The van der Waals surface area contributed by atoms with E-state index in [0.29, 0.717) is 17.3 Å². The maximum absolute atomic E-state index is 12.8. The van der Waals surface area contributed by atoms with Crippen molar-refractivity contribution in [3.63, 3.8) is 0 Å². The molecule has 0 radical (unpaired) electrons. The molecule has 0 atom stereocenters. The molecule has 1 aliphatic heterocycles. The van der Waals surface area contributed by atoms with Crippen molar-refractivity contribution in [3.8, 4) is 0 Å². The van der Waals surface area contributed by atoms with Gasteiger partial charge in [0, 0.05) is 25.2 Å². The van der Waals surface area contributed by atoms with Crippen LogP contribution in [0, 0.1) is 5.92 Å². The molecular weight excluding hydrogens is 279 g/mol. The van der Waals surface area contributed by atoms with Crippen LogP contribution in [0.2, 0.25) is 0 Å². The van der Waals surface area contributed by atoms with Gasteiger partial charge in [-0.2, -0.15) is 13.2 Å². The molecule has 0 aliphatic carbocycles. The van der Waals surface area contributed by atoms with Crippen molar-refractivity contribution in [3.05, 3.63) is 23.4 Å². The van der Waals surface area contributed by atoms with E-state index in [-0.39, 0.29) is 6.54 Å². The predicted octanol–water partition coefficient (Wildman–Crippen LogP) is 3.58. The second kappa shape index (κ2) is 6.64. The molecule has 2 heterocycles. The van der Waals surface area contributed by atoms with E-state index >= 15 is 0 Å². The molecule has 118 valence electrons. The smallest absolute Gasteiger partial charge is 0.356 e. The van der Waals surface area contributed by atoms with Gasteiger partial charge in [-0.25, -0.2) is 4.98 Å². The van der Waals surface area contributed by atoms with Gasteiger partial charge in [0.2, 0.25) is 0 Å². The second-order valence-electron chi connectivity index (χ2n) is 5.60. The van der Waals surface area contributed by atoms with Crippen molar-refractivity contribution < 1.29 is 13.2 Å². The lowest BCUT2D eigenvalue weighted by Crippen LogP contribution is -2.35. The Morgan fingerprint density at radius 2 is 1.95 bits per heavy atom. The highest BCUT2D eigenvalue weighted by Crippen LogP contribution is 2.32. The highest BCUT2D eigenvalue weighted by atomic mass is 19.4. The van der Waals surface area contributed by atoms with E-state index in [9.17, 15) is 13.2 Å². The van der Waals surface area contributed by atoms with Gasteiger partial charge in [-0.05, 0) is 24.8 Å². The molecule has 1 saturated heterocycles. The van der Waals surface area contributed by atoms with Crippen LogP contribution in [-0.4, -0.2) is 18.1 Å². The van der Waals surface area contributed by atoms with E-state index in [2.05, 4.69) is 11.9 Å². The van der Waals surface area contributed by atoms with Crippen molar-refractivity contribution in [2.24, 2.45) is 11.7 Å². The van der Waals surface area contributed by atoms with E-state index in [4.69, 9.17) is 5.73 Å².